The number of amides is 1. The van der Waals surface area contributed by atoms with Crippen molar-refractivity contribution in [3.8, 4) is 0 Å². The topological polar surface area (TPSA) is 32.3 Å². The number of rotatable bonds is 4. The minimum Gasteiger partial charge on any atom is -0.353 e. The van der Waals surface area contributed by atoms with Gasteiger partial charge in [-0.05, 0) is 17.5 Å². The average molecular weight is 280 g/mol. The minimum atomic E-state index is -0.163. The van der Waals surface area contributed by atoms with Crippen molar-refractivity contribution in [1.29, 1.82) is 0 Å². The Morgan fingerprint density at radius 2 is 1.67 bits per heavy atom. The number of nitrogens with zero attached hydrogens (tertiary/aromatic N) is 1. The highest BCUT2D eigenvalue weighted by Crippen LogP contribution is 2.23. The molecule has 3 rings (SSSR count). The second kappa shape index (κ2) is 6.55. The van der Waals surface area contributed by atoms with E-state index in [1.54, 1.807) is 0 Å². The van der Waals surface area contributed by atoms with Crippen LogP contribution in [0.15, 0.2) is 60.7 Å². The Hall–Kier alpha value is -2.13. The van der Waals surface area contributed by atoms with Crippen LogP contribution in [-0.2, 0) is 11.2 Å². The van der Waals surface area contributed by atoms with Crippen LogP contribution in [0.3, 0.4) is 0 Å². The van der Waals surface area contributed by atoms with Gasteiger partial charge in [-0.2, -0.15) is 0 Å². The van der Waals surface area contributed by atoms with E-state index in [0.717, 1.165) is 31.6 Å². The molecule has 0 aliphatic carbocycles. The van der Waals surface area contributed by atoms with Gasteiger partial charge in [-0.25, -0.2) is 0 Å². The molecular weight excluding hydrogens is 260 g/mol. The summed E-state index contributed by atoms with van der Waals surface area (Å²) in [7, 11) is 0. The summed E-state index contributed by atoms with van der Waals surface area (Å²) in [5, 5.41) is 2.98. The first-order chi connectivity index (χ1) is 10.3. The first-order valence-corrected chi connectivity index (χ1v) is 7.45. The lowest BCUT2D eigenvalue weighted by Gasteiger charge is -2.35. The van der Waals surface area contributed by atoms with E-state index in [1.165, 1.54) is 5.56 Å². The molecule has 1 atom stereocenters. The van der Waals surface area contributed by atoms with Gasteiger partial charge in [-0.3, -0.25) is 9.69 Å². The Balaban J connectivity index is 1.74. The van der Waals surface area contributed by atoms with Crippen molar-refractivity contribution < 1.29 is 4.79 Å². The van der Waals surface area contributed by atoms with Gasteiger partial charge in [-0.1, -0.05) is 60.7 Å². The van der Waals surface area contributed by atoms with Crippen molar-refractivity contribution in [3.63, 3.8) is 0 Å². The fraction of sp³-hybridized carbons (Fsp3) is 0.278. The molecule has 1 saturated heterocycles. The minimum absolute atomic E-state index is 0.112. The third kappa shape index (κ3) is 3.31. The quantitative estimate of drug-likeness (QED) is 0.932. The van der Waals surface area contributed by atoms with Gasteiger partial charge in [0.25, 0.3) is 0 Å². The monoisotopic (exact) mass is 280 g/mol. The molecule has 1 N–H and O–H groups in total. The number of piperazine rings is 1. The first kappa shape index (κ1) is 13.8. The van der Waals surface area contributed by atoms with Crippen LogP contribution >= 0.6 is 0 Å². The van der Waals surface area contributed by atoms with Gasteiger partial charge in [0.05, 0.1) is 0 Å². The summed E-state index contributed by atoms with van der Waals surface area (Å²) in [6.45, 7) is 2.53. The molecule has 1 fully saturated rings. The maximum atomic E-state index is 12.3. The first-order valence-electron chi connectivity index (χ1n) is 7.45. The van der Waals surface area contributed by atoms with Gasteiger partial charge in [0.15, 0.2) is 0 Å². The number of carbonyl (C=O) groups is 1. The summed E-state index contributed by atoms with van der Waals surface area (Å²) in [6, 6.07) is 20.3. The Bertz CT molecular complexity index is 583. The summed E-state index contributed by atoms with van der Waals surface area (Å²) < 4.78 is 0. The van der Waals surface area contributed by atoms with Gasteiger partial charge >= 0.3 is 0 Å². The second-order valence-corrected chi connectivity index (χ2v) is 5.38. The smallest absolute Gasteiger partial charge is 0.242 e. The lowest BCUT2D eigenvalue weighted by Crippen LogP contribution is -2.50. The van der Waals surface area contributed by atoms with E-state index in [2.05, 4.69) is 34.5 Å². The molecule has 0 aromatic heterocycles. The Morgan fingerprint density at radius 3 is 2.38 bits per heavy atom. The number of nitrogens with one attached hydrogen (secondary N) is 1. The van der Waals surface area contributed by atoms with E-state index in [0.29, 0.717) is 0 Å². The van der Waals surface area contributed by atoms with Gasteiger partial charge in [0, 0.05) is 19.6 Å². The highest BCUT2D eigenvalue weighted by molar-refractivity contribution is 5.83. The fourth-order valence-corrected chi connectivity index (χ4v) is 2.87. The number of hydrogen-bond acceptors (Lipinski definition) is 2. The van der Waals surface area contributed by atoms with Gasteiger partial charge in [0.1, 0.15) is 6.04 Å². The predicted octanol–water partition coefficient (Wildman–Crippen LogP) is 2.40. The molecule has 0 radical (unpaired) electrons. The standard InChI is InChI=1S/C18H20N2O/c21-18-17(16-9-5-2-6-10-16)20(14-12-19-18)13-11-15-7-3-1-4-8-15/h1-10,17H,11-14H2,(H,19,21)/t17-/m1/s1. The molecule has 1 aliphatic heterocycles. The van der Waals surface area contributed by atoms with E-state index in [1.807, 2.05) is 36.4 Å². The van der Waals surface area contributed by atoms with Crippen LogP contribution in [0, 0.1) is 0 Å². The van der Waals surface area contributed by atoms with Gasteiger partial charge < -0.3 is 5.32 Å². The zero-order valence-electron chi connectivity index (χ0n) is 12.0. The normalized spacial score (nSPS) is 19.2. The van der Waals surface area contributed by atoms with Crippen molar-refractivity contribution in [2.75, 3.05) is 19.6 Å². The summed E-state index contributed by atoms with van der Waals surface area (Å²) >= 11 is 0. The Kier molecular flexibility index (Phi) is 4.31. The van der Waals surface area contributed by atoms with Crippen LogP contribution in [0.4, 0.5) is 0 Å². The molecule has 0 bridgehead atoms. The molecule has 108 valence electrons. The molecule has 2 aromatic carbocycles. The van der Waals surface area contributed by atoms with Gasteiger partial charge in [0.2, 0.25) is 5.91 Å². The maximum absolute atomic E-state index is 12.3. The van der Waals surface area contributed by atoms with Crippen LogP contribution in [-0.4, -0.2) is 30.4 Å². The zero-order chi connectivity index (χ0) is 14.5. The van der Waals surface area contributed by atoms with E-state index in [4.69, 9.17) is 0 Å². The zero-order valence-corrected chi connectivity index (χ0v) is 12.0. The van der Waals surface area contributed by atoms with Crippen LogP contribution in [0.25, 0.3) is 0 Å². The van der Waals surface area contributed by atoms with Crippen molar-refractivity contribution >= 4 is 5.91 Å². The fourth-order valence-electron chi connectivity index (χ4n) is 2.87. The third-order valence-corrected chi connectivity index (χ3v) is 3.96. The lowest BCUT2D eigenvalue weighted by molar-refractivity contribution is -0.129. The van der Waals surface area contributed by atoms with Gasteiger partial charge in [-0.15, -0.1) is 0 Å². The molecule has 1 heterocycles. The molecule has 0 spiro atoms. The van der Waals surface area contributed by atoms with E-state index >= 15 is 0 Å². The summed E-state index contributed by atoms with van der Waals surface area (Å²) in [6.07, 6.45) is 0.970. The van der Waals surface area contributed by atoms with Crippen LogP contribution < -0.4 is 5.32 Å². The number of hydrogen-bond donors (Lipinski definition) is 1. The second-order valence-electron chi connectivity index (χ2n) is 5.38. The molecule has 2 aromatic rings. The molecule has 21 heavy (non-hydrogen) atoms. The summed E-state index contributed by atoms with van der Waals surface area (Å²) in [5.74, 6) is 0.112. The molecule has 0 unspecified atom stereocenters. The number of benzene rings is 2. The van der Waals surface area contributed by atoms with Crippen LogP contribution in [0.1, 0.15) is 17.2 Å². The van der Waals surface area contributed by atoms with Crippen molar-refractivity contribution in [2.24, 2.45) is 0 Å². The van der Waals surface area contributed by atoms with E-state index in [-0.39, 0.29) is 11.9 Å². The van der Waals surface area contributed by atoms with Crippen molar-refractivity contribution in [3.05, 3.63) is 71.8 Å². The summed E-state index contributed by atoms with van der Waals surface area (Å²) in [4.78, 5) is 14.5. The predicted molar refractivity (Wildman–Crippen MR) is 83.9 cm³/mol. The van der Waals surface area contributed by atoms with E-state index in [9.17, 15) is 4.79 Å². The molecule has 1 amide bonds. The molecule has 1 aliphatic rings. The third-order valence-electron chi connectivity index (χ3n) is 3.96. The van der Waals surface area contributed by atoms with Crippen molar-refractivity contribution in [2.45, 2.75) is 12.5 Å². The Morgan fingerprint density at radius 1 is 1.00 bits per heavy atom. The highest BCUT2D eigenvalue weighted by atomic mass is 16.2. The van der Waals surface area contributed by atoms with E-state index < -0.39 is 0 Å². The summed E-state index contributed by atoms with van der Waals surface area (Å²) in [5.41, 5.74) is 2.39. The molecule has 0 saturated carbocycles. The van der Waals surface area contributed by atoms with Crippen LogP contribution in [0.2, 0.25) is 0 Å². The maximum Gasteiger partial charge on any atom is 0.242 e. The average Bonchev–Trinajstić information content (AvgIpc) is 2.55. The van der Waals surface area contributed by atoms with Crippen LogP contribution in [0.5, 0.6) is 0 Å². The lowest BCUT2D eigenvalue weighted by atomic mass is 10.0. The Labute approximate surface area is 125 Å². The van der Waals surface area contributed by atoms with Crippen molar-refractivity contribution in [1.82, 2.24) is 10.2 Å². The molecular formula is C18H20N2O. The highest BCUT2D eigenvalue weighted by Gasteiger charge is 2.30. The molecule has 3 heteroatoms. The SMILES string of the molecule is O=C1NCCN(CCc2ccccc2)[C@@H]1c1ccccc1. The molecule has 3 nitrogen and oxygen atoms in total. The number of carbonyl (C=O) groups excluding carboxylic acids is 1. The largest absolute Gasteiger partial charge is 0.353 e.